The second-order valence-electron chi connectivity index (χ2n) is 6.44. The smallest absolute Gasteiger partial charge is 0.329 e. The molecule has 0 aliphatic carbocycles. The molecule has 3 aromatic rings. The number of hydrogen-bond donors (Lipinski definition) is 2. The van der Waals surface area contributed by atoms with Gasteiger partial charge in [-0.3, -0.25) is 9.59 Å². The van der Waals surface area contributed by atoms with Crippen LogP contribution in [0.3, 0.4) is 0 Å². The van der Waals surface area contributed by atoms with Crippen LogP contribution in [0.1, 0.15) is 11.1 Å². The first-order chi connectivity index (χ1) is 15.5. The van der Waals surface area contributed by atoms with E-state index in [1.54, 1.807) is 36.4 Å². The summed E-state index contributed by atoms with van der Waals surface area (Å²) in [5, 5.41) is 6.82. The van der Waals surface area contributed by atoms with E-state index < -0.39 is 11.8 Å². The van der Waals surface area contributed by atoms with Crippen LogP contribution in [-0.4, -0.2) is 25.1 Å². The zero-order valence-corrected chi connectivity index (χ0v) is 18.5. The first kappa shape index (κ1) is 23.1. The lowest BCUT2D eigenvalue weighted by atomic mass is 10.2. The topological polar surface area (TPSA) is 89.0 Å². The molecule has 3 rings (SSSR count). The molecule has 0 saturated carbocycles. The molecule has 0 spiro atoms. The minimum absolute atomic E-state index is 0.310. The van der Waals surface area contributed by atoms with Crippen molar-refractivity contribution in [3.8, 4) is 11.5 Å². The molecule has 3 aromatic carbocycles. The lowest BCUT2D eigenvalue weighted by molar-refractivity contribution is -0.136. The molecule has 0 atom stereocenters. The summed E-state index contributed by atoms with van der Waals surface area (Å²) in [6, 6.07) is 19.4. The standard InChI is InChI=1S/C23H19Cl2N3O4/c1-31-20-12-16(11-18(25)21(20)32-14-15-7-3-2-4-8-15)13-26-28-23(30)22(29)27-19-10-6-5-9-17(19)24/h2-13H,14H2,1H3,(H,27,29)(H,28,30)/b26-13-. The normalized spacial score (nSPS) is 10.6. The van der Waals surface area contributed by atoms with Gasteiger partial charge < -0.3 is 14.8 Å². The minimum Gasteiger partial charge on any atom is -0.493 e. The van der Waals surface area contributed by atoms with Crippen LogP contribution in [0.25, 0.3) is 0 Å². The second kappa shape index (κ2) is 11.2. The summed E-state index contributed by atoms with van der Waals surface area (Å²) in [6.07, 6.45) is 1.33. The summed E-state index contributed by atoms with van der Waals surface area (Å²) in [4.78, 5) is 23.9. The number of anilines is 1. The molecule has 0 saturated heterocycles. The summed E-state index contributed by atoms with van der Waals surface area (Å²) in [7, 11) is 1.49. The van der Waals surface area contributed by atoms with Crippen LogP contribution in [0.2, 0.25) is 10.0 Å². The van der Waals surface area contributed by atoms with Gasteiger partial charge in [-0.05, 0) is 35.4 Å². The van der Waals surface area contributed by atoms with E-state index in [9.17, 15) is 9.59 Å². The lowest BCUT2D eigenvalue weighted by Crippen LogP contribution is -2.32. The Morgan fingerprint density at radius 1 is 0.969 bits per heavy atom. The summed E-state index contributed by atoms with van der Waals surface area (Å²) < 4.78 is 11.2. The fraction of sp³-hybridized carbons (Fsp3) is 0.0870. The van der Waals surface area contributed by atoms with Crippen molar-refractivity contribution in [3.05, 3.63) is 87.9 Å². The molecule has 0 bridgehead atoms. The Hall–Kier alpha value is -3.55. The Morgan fingerprint density at radius 2 is 1.69 bits per heavy atom. The van der Waals surface area contributed by atoms with Crippen molar-refractivity contribution in [2.45, 2.75) is 6.61 Å². The number of carbonyl (C=O) groups excluding carboxylic acids is 2. The number of halogens is 2. The third kappa shape index (κ3) is 6.23. The van der Waals surface area contributed by atoms with Crippen LogP contribution in [0.4, 0.5) is 5.69 Å². The van der Waals surface area contributed by atoms with Crippen LogP contribution < -0.4 is 20.2 Å². The second-order valence-corrected chi connectivity index (χ2v) is 7.26. The predicted molar refractivity (Wildman–Crippen MR) is 125 cm³/mol. The number of amides is 2. The SMILES string of the molecule is COc1cc(/C=N\NC(=O)C(=O)Nc2ccccc2Cl)cc(Cl)c1OCc1ccccc1. The maximum atomic E-state index is 12.0. The Balaban J connectivity index is 1.62. The fourth-order valence-corrected chi connectivity index (χ4v) is 3.10. The van der Waals surface area contributed by atoms with Gasteiger partial charge in [0.15, 0.2) is 11.5 Å². The molecule has 0 aliphatic heterocycles. The van der Waals surface area contributed by atoms with E-state index in [1.807, 2.05) is 30.3 Å². The maximum Gasteiger partial charge on any atom is 0.329 e. The number of nitrogens with one attached hydrogen (secondary N) is 2. The third-order valence-corrected chi connectivity index (χ3v) is 4.80. The molecule has 0 radical (unpaired) electrons. The number of hydrazone groups is 1. The van der Waals surface area contributed by atoms with Crippen LogP contribution in [0.5, 0.6) is 11.5 Å². The number of rotatable bonds is 7. The summed E-state index contributed by atoms with van der Waals surface area (Å²) in [5.41, 5.74) is 3.98. The van der Waals surface area contributed by atoms with Crippen molar-refractivity contribution in [2.24, 2.45) is 5.10 Å². The number of carbonyl (C=O) groups is 2. The Labute approximate surface area is 194 Å². The van der Waals surface area contributed by atoms with Gasteiger partial charge in [0.05, 0.1) is 29.1 Å². The number of benzene rings is 3. The van der Waals surface area contributed by atoms with E-state index in [0.29, 0.717) is 39.4 Å². The average Bonchev–Trinajstić information content (AvgIpc) is 2.80. The molecule has 164 valence electrons. The Kier molecular flexibility index (Phi) is 8.08. The van der Waals surface area contributed by atoms with Crippen LogP contribution in [0.15, 0.2) is 71.8 Å². The van der Waals surface area contributed by atoms with E-state index in [1.165, 1.54) is 13.3 Å². The molecule has 0 unspecified atom stereocenters. The van der Waals surface area contributed by atoms with Crippen molar-refractivity contribution < 1.29 is 19.1 Å². The van der Waals surface area contributed by atoms with Crippen LogP contribution in [-0.2, 0) is 16.2 Å². The van der Waals surface area contributed by atoms with Gasteiger partial charge in [0.25, 0.3) is 0 Å². The molecule has 2 N–H and O–H groups in total. The van der Waals surface area contributed by atoms with Crippen molar-refractivity contribution in [1.82, 2.24) is 5.43 Å². The molecule has 9 heteroatoms. The molecule has 2 amide bonds. The zero-order chi connectivity index (χ0) is 22.9. The van der Waals surface area contributed by atoms with Gasteiger partial charge in [0, 0.05) is 0 Å². The van der Waals surface area contributed by atoms with Crippen molar-refractivity contribution in [1.29, 1.82) is 0 Å². The van der Waals surface area contributed by atoms with Crippen LogP contribution >= 0.6 is 23.2 Å². The molecule has 0 fully saturated rings. The Morgan fingerprint density at radius 3 is 2.41 bits per heavy atom. The van der Waals surface area contributed by atoms with Gasteiger partial charge in [-0.15, -0.1) is 0 Å². The van der Waals surface area contributed by atoms with E-state index in [0.717, 1.165) is 5.56 Å². The molecular formula is C23H19Cl2N3O4. The lowest BCUT2D eigenvalue weighted by Gasteiger charge is -2.13. The summed E-state index contributed by atoms with van der Waals surface area (Å²) >= 11 is 12.3. The highest BCUT2D eigenvalue weighted by molar-refractivity contribution is 6.41. The van der Waals surface area contributed by atoms with Crippen molar-refractivity contribution in [2.75, 3.05) is 12.4 Å². The fourth-order valence-electron chi connectivity index (χ4n) is 2.64. The summed E-state index contributed by atoms with van der Waals surface area (Å²) in [6.45, 7) is 0.320. The van der Waals surface area contributed by atoms with E-state index in [4.69, 9.17) is 32.7 Å². The molecule has 32 heavy (non-hydrogen) atoms. The molecule has 7 nitrogen and oxygen atoms in total. The third-order valence-electron chi connectivity index (χ3n) is 4.19. The minimum atomic E-state index is -0.956. The predicted octanol–water partition coefficient (Wildman–Crippen LogP) is 4.67. The van der Waals surface area contributed by atoms with Crippen molar-refractivity contribution in [3.63, 3.8) is 0 Å². The van der Waals surface area contributed by atoms with E-state index >= 15 is 0 Å². The number of ether oxygens (including phenoxy) is 2. The maximum absolute atomic E-state index is 12.0. The number of methoxy groups -OCH3 is 1. The number of hydrogen-bond acceptors (Lipinski definition) is 5. The highest BCUT2D eigenvalue weighted by Crippen LogP contribution is 2.36. The van der Waals surface area contributed by atoms with E-state index in [-0.39, 0.29) is 0 Å². The first-order valence-corrected chi connectivity index (χ1v) is 10.2. The van der Waals surface area contributed by atoms with Gasteiger partial charge >= 0.3 is 11.8 Å². The highest BCUT2D eigenvalue weighted by atomic mass is 35.5. The van der Waals surface area contributed by atoms with Crippen LogP contribution in [0, 0.1) is 0 Å². The van der Waals surface area contributed by atoms with E-state index in [2.05, 4.69) is 15.8 Å². The largest absolute Gasteiger partial charge is 0.493 e. The molecule has 0 heterocycles. The van der Waals surface area contributed by atoms with Gasteiger partial charge in [-0.1, -0.05) is 65.7 Å². The zero-order valence-electron chi connectivity index (χ0n) is 17.0. The molecular weight excluding hydrogens is 453 g/mol. The van der Waals surface area contributed by atoms with Gasteiger partial charge in [-0.25, -0.2) is 5.43 Å². The van der Waals surface area contributed by atoms with Gasteiger partial charge in [0.2, 0.25) is 0 Å². The molecule has 0 aliphatic rings. The Bertz CT molecular complexity index is 1140. The molecule has 0 aromatic heterocycles. The van der Waals surface area contributed by atoms with Crippen molar-refractivity contribution >= 4 is 46.9 Å². The number of nitrogens with zero attached hydrogens (tertiary/aromatic N) is 1. The number of para-hydroxylation sites is 1. The quantitative estimate of drug-likeness (QED) is 0.297. The summed E-state index contributed by atoms with van der Waals surface area (Å²) in [5.74, 6) is -1.08. The first-order valence-electron chi connectivity index (χ1n) is 9.41. The highest BCUT2D eigenvalue weighted by Gasteiger charge is 2.15. The average molecular weight is 472 g/mol. The monoisotopic (exact) mass is 471 g/mol. The van der Waals surface area contributed by atoms with Gasteiger partial charge in [-0.2, -0.15) is 5.10 Å². The van der Waals surface area contributed by atoms with Gasteiger partial charge in [0.1, 0.15) is 6.61 Å².